The number of aliphatic hydroxyl groups is 2. The summed E-state index contributed by atoms with van der Waals surface area (Å²) in [4.78, 5) is 0. The molecule has 2 aliphatic carbocycles. The summed E-state index contributed by atoms with van der Waals surface area (Å²) >= 11 is 0. The summed E-state index contributed by atoms with van der Waals surface area (Å²) in [5.41, 5.74) is 5.54. The van der Waals surface area contributed by atoms with Gasteiger partial charge in [-0.15, -0.1) is 0 Å². The van der Waals surface area contributed by atoms with E-state index in [0.717, 1.165) is 6.42 Å². The molecule has 0 aromatic heterocycles. The highest BCUT2D eigenvalue weighted by Gasteiger charge is 2.57. The van der Waals surface area contributed by atoms with Gasteiger partial charge < -0.3 is 15.9 Å². The summed E-state index contributed by atoms with van der Waals surface area (Å²) in [7, 11) is 0. The van der Waals surface area contributed by atoms with Gasteiger partial charge in [0.25, 0.3) is 0 Å². The maximum absolute atomic E-state index is 9.15. The molecule has 0 heterocycles. The Kier molecular flexibility index (Phi) is 0.928. The van der Waals surface area contributed by atoms with Crippen LogP contribution in [0.4, 0.5) is 0 Å². The fourth-order valence-corrected chi connectivity index (χ4v) is 1.81. The molecule has 0 saturated heterocycles. The first kappa shape index (κ1) is 5.65. The van der Waals surface area contributed by atoms with Gasteiger partial charge in [-0.3, -0.25) is 0 Å². The molecule has 9 heavy (non-hydrogen) atoms. The predicted molar refractivity (Wildman–Crippen MR) is 31.6 cm³/mol. The first-order valence-corrected chi connectivity index (χ1v) is 3.33. The predicted octanol–water partition coefficient (Wildman–Crippen LogP) is -1.31. The molecule has 4 N–H and O–H groups in total. The van der Waals surface area contributed by atoms with Crippen molar-refractivity contribution in [2.75, 3.05) is 0 Å². The molecule has 2 fully saturated rings. The van der Waals surface area contributed by atoms with E-state index in [4.69, 9.17) is 15.9 Å². The van der Waals surface area contributed by atoms with Crippen LogP contribution in [0.2, 0.25) is 0 Å². The lowest BCUT2D eigenvalue weighted by Crippen LogP contribution is -2.39. The first-order chi connectivity index (χ1) is 4.22. The van der Waals surface area contributed by atoms with Crippen LogP contribution >= 0.6 is 0 Å². The van der Waals surface area contributed by atoms with Crippen molar-refractivity contribution in [2.24, 2.45) is 17.6 Å². The van der Waals surface area contributed by atoms with E-state index in [-0.39, 0.29) is 6.04 Å². The minimum absolute atomic E-state index is 0.162. The molecule has 52 valence electrons. The fourth-order valence-electron chi connectivity index (χ4n) is 1.81. The molecular weight excluding hydrogens is 118 g/mol. The average molecular weight is 129 g/mol. The smallest absolute Gasteiger partial charge is 0.0955 e. The molecule has 0 bridgehead atoms. The Morgan fingerprint density at radius 1 is 1.11 bits per heavy atom. The van der Waals surface area contributed by atoms with Crippen LogP contribution in [0.25, 0.3) is 0 Å². The van der Waals surface area contributed by atoms with Crippen LogP contribution in [0.15, 0.2) is 0 Å². The van der Waals surface area contributed by atoms with Crippen molar-refractivity contribution in [1.29, 1.82) is 0 Å². The Labute approximate surface area is 53.5 Å². The number of hydrogen-bond donors (Lipinski definition) is 3. The first-order valence-electron chi connectivity index (χ1n) is 3.33. The Balaban J connectivity index is 2.14. The maximum atomic E-state index is 9.15. The highest BCUT2D eigenvalue weighted by molar-refractivity contribution is 5.10. The van der Waals surface area contributed by atoms with Gasteiger partial charge in [0.2, 0.25) is 0 Å². The van der Waals surface area contributed by atoms with Crippen LogP contribution in [-0.4, -0.2) is 28.5 Å². The summed E-state index contributed by atoms with van der Waals surface area (Å²) in [6.07, 6.45) is -0.182. The summed E-state index contributed by atoms with van der Waals surface area (Å²) in [6.45, 7) is 0. The molecule has 5 atom stereocenters. The van der Waals surface area contributed by atoms with Crippen molar-refractivity contribution in [1.82, 2.24) is 0 Å². The SMILES string of the molecule is NC1[C@H]2C[C@H]2[C@@H](O)[C@H]1O. The largest absolute Gasteiger partial charge is 0.390 e. The topological polar surface area (TPSA) is 66.5 Å². The Morgan fingerprint density at radius 2 is 1.78 bits per heavy atom. The van der Waals surface area contributed by atoms with Crippen molar-refractivity contribution in [3.05, 3.63) is 0 Å². The maximum Gasteiger partial charge on any atom is 0.0955 e. The zero-order valence-corrected chi connectivity index (χ0v) is 5.07. The van der Waals surface area contributed by atoms with Gasteiger partial charge in [0.15, 0.2) is 0 Å². The number of fused-ring (bicyclic) bond motifs is 1. The van der Waals surface area contributed by atoms with Gasteiger partial charge in [-0.25, -0.2) is 0 Å². The van der Waals surface area contributed by atoms with Gasteiger partial charge in [0.05, 0.1) is 12.2 Å². The molecule has 0 amide bonds. The lowest BCUT2D eigenvalue weighted by molar-refractivity contribution is 0.0171. The highest BCUT2D eigenvalue weighted by atomic mass is 16.3. The van der Waals surface area contributed by atoms with E-state index in [1.165, 1.54) is 0 Å². The molecule has 0 aromatic rings. The summed E-state index contributed by atoms with van der Waals surface area (Å²) in [5.74, 6) is 0.727. The average Bonchev–Trinajstić information content (AvgIpc) is 2.56. The Morgan fingerprint density at radius 3 is 2.00 bits per heavy atom. The minimum atomic E-state index is -0.659. The molecule has 0 aliphatic heterocycles. The second kappa shape index (κ2) is 1.48. The Bertz CT molecular complexity index is 121. The van der Waals surface area contributed by atoms with Crippen LogP contribution in [-0.2, 0) is 0 Å². The van der Waals surface area contributed by atoms with Gasteiger partial charge >= 0.3 is 0 Å². The lowest BCUT2D eigenvalue weighted by atomic mass is 10.1. The Hall–Kier alpha value is -0.120. The van der Waals surface area contributed by atoms with E-state index in [1.54, 1.807) is 0 Å². The minimum Gasteiger partial charge on any atom is -0.390 e. The normalized spacial score (nSPS) is 63.7. The monoisotopic (exact) mass is 129 g/mol. The molecule has 3 nitrogen and oxygen atoms in total. The molecular formula is C6H11NO2. The zero-order chi connectivity index (χ0) is 6.59. The van der Waals surface area contributed by atoms with E-state index < -0.39 is 12.2 Å². The lowest BCUT2D eigenvalue weighted by Gasteiger charge is -2.15. The summed E-state index contributed by atoms with van der Waals surface area (Å²) < 4.78 is 0. The third kappa shape index (κ3) is 0.569. The fraction of sp³-hybridized carbons (Fsp3) is 1.00. The van der Waals surface area contributed by atoms with Crippen LogP contribution in [0.5, 0.6) is 0 Å². The van der Waals surface area contributed by atoms with Crippen molar-refractivity contribution in [2.45, 2.75) is 24.7 Å². The zero-order valence-electron chi connectivity index (χ0n) is 5.07. The van der Waals surface area contributed by atoms with Crippen molar-refractivity contribution < 1.29 is 10.2 Å². The molecule has 3 heteroatoms. The van der Waals surface area contributed by atoms with E-state index >= 15 is 0 Å². The van der Waals surface area contributed by atoms with Crippen LogP contribution < -0.4 is 5.73 Å². The van der Waals surface area contributed by atoms with E-state index in [0.29, 0.717) is 11.8 Å². The number of nitrogens with two attached hydrogens (primary N) is 1. The van der Waals surface area contributed by atoms with Gasteiger partial charge in [0, 0.05) is 6.04 Å². The third-order valence-electron chi connectivity index (χ3n) is 2.57. The van der Waals surface area contributed by atoms with Gasteiger partial charge in [-0.05, 0) is 18.3 Å². The molecule has 1 unspecified atom stereocenters. The molecule has 0 spiro atoms. The van der Waals surface area contributed by atoms with Crippen molar-refractivity contribution in [3.8, 4) is 0 Å². The number of rotatable bonds is 0. The molecule has 0 aromatic carbocycles. The van der Waals surface area contributed by atoms with Gasteiger partial charge in [0.1, 0.15) is 0 Å². The van der Waals surface area contributed by atoms with Crippen LogP contribution in [0, 0.1) is 11.8 Å². The van der Waals surface area contributed by atoms with E-state index in [2.05, 4.69) is 0 Å². The second-order valence-corrected chi connectivity index (χ2v) is 3.12. The van der Waals surface area contributed by atoms with Gasteiger partial charge in [-0.1, -0.05) is 0 Å². The van der Waals surface area contributed by atoms with Crippen molar-refractivity contribution >= 4 is 0 Å². The highest BCUT2D eigenvalue weighted by Crippen LogP contribution is 2.50. The van der Waals surface area contributed by atoms with Crippen molar-refractivity contribution in [3.63, 3.8) is 0 Å². The van der Waals surface area contributed by atoms with Crippen LogP contribution in [0.3, 0.4) is 0 Å². The van der Waals surface area contributed by atoms with E-state index in [1.807, 2.05) is 0 Å². The summed E-state index contributed by atoms with van der Waals surface area (Å²) in [6, 6.07) is -0.162. The quantitative estimate of drug-likeness (QED) is 0.380. The van der Waals surface area contributed by atoms with Gasteiger partial charge in [-0.2, -0.15) is 0 Å². The number of aliphatic hydroxyl groups excluding tert-OH is 2. The third-order valence-corrected chi connectivity index (χ3v) is 2.57. The second-order valence-electron chi connectivity index (χ2n) is 3.12. The molecule has 0 radical (unpaired) electrons. The summed E-state index contributed by atoms with van der Waals surface area (Å²) in [5, 5.41) is 18.2. The van der Waals surface area contributed by atoms with Crippen LogP contribution in [0.1, 0.15) is 6.42 Å². The number of hydrogen-bond acceptors (Lipinski definition) is 3. The molecule has 2 rings (SSSR count). The standard InChI is InChI=1S/C6H11NO2/c7-4-2-1-3(2)5(8)6(4)9/h2-6,8-9H,1,7H2/t2-,3+,4?,5+,6-/m0/s1. The molecule has 2 saturated carbocycles. The van der Waals surface area contributed by atoms with E-state index in [9.17, 15) is 0 Å². The molecule has 2 aliphatic rings.